The van der Waals surface area contributed by atoms with Gasteiger partial charge in [-0.05, 0) is 98.8 Å². The highest BCUT2D eigenvalue weighted by atomic mass is 79.9. The SMILES string of the molecule is CC(C)OC(=O)c1cc(-c2nn(C)c(C(F)(F)F)c2Br)c(F)cc1Cl.CC1COc2ccccc2N1C(=O)C(Cl)Cl.CCOCN(C(=O)CCl)c1c(C)cccc1CC.CP(=O)(O)CCC(N)C(=O)O. The fraction of sp³-hybridized carbons (Fsp3) is 0.444. The van der Waals surface area contributed by atoms with Crippen molar-refractivity contribution in [2.75, 3.05) is 48.5 Å². The zero-order valence-corrected chi connectivity index (χ0v) is 44.8. The van der Waals surface area contributed by atoms with Gasteiger partial charge >= 0.3 is 18.1 Å². The van der Waals surface area contributed by atoms with Gasteiger partial charge in [0.1, 0.15) is 42.5 Å². The van der Waals surface area contributed by atoms with Crippen molar-refractivity contribution in [2.24, 2.45) is 12.8 Å². The molecule has 3 unspecified atom stereocenters. The first-order valence-electron chi connectivity index (χ1n) is 21.2. The second-order valence-corrected chi connectivity index (χ2v) is 20.7. The molecule has 3 aromatic carbocycles. The fourth-order valence-electron chi connectivity index (χ4n) is 6.29. The monoisotopic (exact) mass is 1150 g/mol. The summed E-state index contributed by atoms with van der Waals surface area (Å²) in [5, 5.41) is 11.8. The molecule has 0 bridgehead atoms. The highest BCUT2D eigenvalue weighted by Crippen LogP contribution is 2.41. The van der Waals surface area contributed by atoms with Crippen LogP contribution in [0.15, 0.2) is 59.1 Å². The summed E-state index contributed by atoms with van der Waals surface area (Å²) in [6.07, 6.45) is -4.27. The van der Waals surface area contributed by atoms with Crippen molar-refractivity contribution in [3.8, 4) is 17.0 Å². The molecule has 1 aliphatic rings. The number of halogens is 9. The summed E-state index contributed by atoms with van der Waals surface area (Å²) in [6, 6.07) is 14.1. The molecule has 0 spiro atoms. The predicted molar refractivity (Wildman–Crippen MR) is 267 cm³/mol. The molecule has 4 aromatic rings. The topological polar surface area (TPSA) is 204 Å². The summed E-state index contributed by atoms with van der Waals surface area (Å²) < 4.78 is 80.2. The Hall–Kier alpha value is -3.98. The van der Waals surface area contributed by atoms with Crippen LogP contribution in [0.2, 0.25) is 5.02 Å². The van der Waals surface area contributed by atoms with Crippen LogP contribution in [0.4, 0.5) is 28.9 Å². The van der Waals surface area contributed by atoms with E-state index < -0.39 is 58.4 Å². The number of hydrogen-bond acceptors (Lipinski definition) is 10. The van der Waals surface area contributed by atoms with Crippen molar-refractivity contribution >= 4 is 105 Å². The second kappa shape index (κ2) is 28.3. The summed E-state index contributed by atoms with van der Waals surface area (Å²) in [6.45, 7) is 13.5. The Morgan fingerprint density at radius 1 is 1.10 bits per heavy atom. The maximum atomic E-state index is 14.3. The highest BCUT2D eigenvalue weighted by molar-refractivity contribution is 9.10. The van der Waals surface area contributed by atoms with Crippen molar-refractivity contribution in [3.05, 3.63) is 92.3 Å². The van der Waals surface area contributed by atoms with Crippen LogP contribution in [0.5, 0.6) is 5.75 Å². The number of carboxylic acids is 1. The number of hydrogen-bond donors (Lipinski definition) is 3. The normalized spacial score (nSPS) is 14.3. The Morgan fingerprint density at radius 3 is 2.24 bits per heavy atom. The van der Waals surface area contributed by atoms with Crippen LogP contribution in [0.1, 0.15) is 68.2 Å². The smallest absolute Gasteiger partial charge is 0.434 e. The minimum atomic E-state index is -4.69. The molecule has 0 saturated heterocycles. The number of nitrogens with two attached hydrogens (primary N) is 1. The molecule has 4 N–H and O–H groups in total. The molecule has 25 heteroatoms. The molecule has 0 aliphatic carbocycles. The van der Waals surface area contributed by atoms with Gasteiger partial charge in [0.15, 0.2) is 17.9 Å². The van der Waals surface area contributed by atoms with E-state index in [9.17, 15) is 41.3 Å². The van der Waals surface area contributed by atoms with Crippen molar-refractivity contribution in [3.63, 3.8) is 0 Å². The third kappa shape index (κ3) is 18.3. The molecule has 0 fully saturated rings. The molecule has 388 valence electrons. The van der Waals surface area contributed by atoms with E-state index in [1.165, 1.54) is 6.66 Å². The van der Waals surface area contributed by atoms with Crippen LogP contribution in [0.3, 0.4) is 0 Å². The number of nitrogens with zero attached hydrogens (tertiary/aromatic N) is 4. The Balaban J connectivity index is 0.000000333. The quantitative estimate of drug-likeness (QED) is 0.0355. The molecule has 5 rings (SSSR count). The number of rotatable bonds is 14. The van der Waals surface area contributed by atoms with Gasteiger partial charge in [-0.3, -0.25) is 28.5 Å². The van der Waals surface area contributed by atoms with E-state index in [0.29, 0.717) is 23.6 Å². The van der Waals surface area contributed by atoms with Crippen molar-refractivity contribution in [1.82, 2.24) is 9.78 Å². The van der Waals surface area contributed by atoms with Gasteiger partial charge < -0.3 is 34.8 Å². The van der Waals surface area contributed by atoms with Gasteiger partial charge in [0, 0.05) is 32.0 Å². The van der Waals surface area contributed by atoms with Crippen molar-refractivity contribution in [2.45, 2.75) is 83.6 Å². The second-order valence-electron chi connectivity index (χ2n) is 15.6. The van der Waals surface area contributed by atoms with Gasteiger partial charge in [-0.1, -0.05) is 72.1 Å². The van der Waals surface area contributed by atoms with Crippen molar-refractivity contribution < 1.29 is 65.5 Å². The number of carbonyl (C=O) groups excluding carboxylic acids is 3. The molecular weight excluding hydrogens is 1100 g/mol. The maximum absolute atomic E-state index is 14.3. The number of carbonyl (C=O) groups is 4. The standard InChI is InChI=1S/C15H12BrClF4N2O2.C14H20ClNO2.C11H11Cl2NO2.C5H12NO4P/c1-6(2)25-14(24)7-4-8(10(18)5-9(7)17)12-11(16)13(15(19,20)21)23(3)22-12;1-4-12-8-6-7-11(3)14(12)16(10-18-5-2)13(17)9-15;1-7-6-16-9-5-3-2-4-8(9)14(7)11(15)10(12)13;1-11(9,10)3-2-4(6)5(7)8/h4-6H,1-3H3;6-8H,4-5,9-10H2,1-3H3;2-5,7,10H,6H2,1H3;4H,2-3,6H2,1H3,(H,7,8)(H,9,10). The largest absolute Gasteiger partial charge is 0.489 e. The number of amides is 2. The van der Waals surface area contributed by atoms with Crippen LogP contribution in [0, 0.1) is 12.7 Å². The molecule has 3 atom stereocenters. The average molecular weight is 1150 g/mol. The zero-order valence-electron chi connectivity index (χ0n) is 39.3. The molecule has 15 nitrogen and oxygen atoms in total. The van der Waals surface area contributed by atoms with Crippen LogP contribution in [0.25, 0.3) is 11.3 Å². The van der Waals surface area contributed by atoms with Crippen LogP contribution >= 0.6 is 69.7 Å². The van der Waals surface area contributed by atoms with Crippen LogP contribution < -0.4 is 20.3 Å². The first-order chi connectivity index (χ1) is 32.5. The lowest BCUT2D eigenvalue weighted by atomic mass is 10.0. The van der Waals surface area contributed by atoms with Gasteiger partial charge in [-0.15, -0.1) is 11.6 Å². The third-order valence-corrected chi connectivity index (χ3v) is 12.3. The molecule has 0 radical (unpaired) electrons. The predicted octanol–water partition coefficient (Wildman–Crippen LogP) is 10.6. The number of fused-ring (bicyclic) bond motifs is 1. The van der Waals surface area contributed by atoms with Gasteiger partial charge in [0.2, 0.25) is 5.91 Å². The number of aliphatic carboxylic acids is 1. The zero-order chi connectivity index (χ0) is 53.4. The maximum Gasteiger partial charge on any atom is 0.434 e. The lowest BCUT2D eigenvalue weighted by Crippen LogP contribution is -2.47. The summed E-state index contributed by atoms with van der Waals surface area (Å²) in [5.74, 6) is -2.67. The number of esters is 1. The summed E-state index contributed by atoms with van der Waals surface area (Å²) >= 11 is 25.6. The summed E-state index contributed by atoms with van der Waals surface area (Å²) in [4.78, 5) is 56.9. The molecule has 1 aliphatic heterocycles. The highest BCUT2D eigenvalue weighted by Gasteiger charge is 2.39. The van der Waals surface area contributed by atoms with E-state index in [1.807, 2.05) is 63.2 Å². The Morgan fingerprint density at radius 2 is 1.73 bits per heavy atom. The molecule has 70 heavy (non-hydrogen) atoms. The van der Waals surface area contributed by atoms with E-state index in [1.54, 1.807) is 23.6 Å². The molecule has 2 heterocycles. The summed E-state index contributed by atoms with van der Waals surface area (Å²) in [7, 11) is -2.02. The van der Waals surface area contributed by atoms with E-state index in [2.05, 4.69) is 28.0 Å². The van der Waals surface area contributed by atoms with E-state index in [-0.39, 0.29) is 64.9 Å². The Kier molecular flexibility index (Phi) is 25.1. The van der Waals surface area contributed by atoms with Crippen LogP contribution in [-0.2, 0) is 48.1 Å². The number of carboxylic acid groups (broad SMARTS) is 1. The minimum absolute atomic E-state index is 0.0371. The average Bonchev–Trinajstić information content (AvgIpc) is 3.58. The number of aryl methyl sites for hydroxylation is 3. The lowest BCUT2D eigenvalue weighted by molar-refractivity contribution is -0.144. The lowest BCUT2D eigenvalue weighted by Gasteiger charge is -2.35. The van der Waals surface area contributed by atoms with Crippen LogP contribution in [-0.4, -0.2) is 105 Å². The van der Waals surface area contributed by atoms with Crippen molar-refractivity contribution in [1.29, 1.82) is 0 Å². The Bertz CT molecular complexity index is 2480. The van der Waals surface area contributed by atoms with Gasteiger partial charge in [0.25, 0.3) is 5.91 Å². The first-order valence-corrected chi connectivity index (χ1v) is 26.0. The number of ether oxygens (including phenoxy) is 3. The molecule has 2 amide bonds. The van der Waals surface area contributed by atoms with Gasteiger partial charge in [0.05, 0.1) is 38.6 Å². The fourth-order valence-corrected chi connectivity index (χ4v) is 8.41. The number of aromatic nitrogens is 2. The number of benzene rings is 3. The number of alkyl halides is 6. The van der Waals surface area contributed by atoms with E-state index in [4.69, 9.17) is 76.3 Å². The minimum Gasteiger partial charge on any atom is -0.489 e. The summed E-state index contributed by atoms with van der Waals surface area (Å²) in [5.41, 5.74) is 7.08. The van der Waals surface area contributed by atoms with E-state index >= 15 is 0 Å². The Labute approximate surface area is 432 Å². The number of para-hydroxylation sites is 3. The third-order valence-electron chi connectivity index (χ3n) is 9.59. The molecule has 0 saturated carbocycles. The van der Waals surface area contributed by atoms with Gasteiger partial charge in [-0.2, -0.15) is 18.3 Å². The van der Waals surface area contributed by atoms with E-state index in [0.717, 1.165) is 48.1 Å². The van der Waals surface area contributed by atoms with Gasteiger partial charge in [-0.25, -0.2) is 9.18 Å². The molecule has 1 aromatic heterocycles. The first kappa shape index (κ1) is 62.1. The number of anilines is 2. The molecular formula is C45H55BrCl4F4N5O10P.